The van der Waals surface area contributed by atoms with Gasteiger partial charge >= 0.3 is 6.18 Å². The fraction of sp³-hybridized carbons (Fsp3) is 0.462. The number of nitrogens with one attached hydrogen (secondary N) is 1. The Morgan fingerprint density at radius 2 is 2.00 bits per heavy atom. The third kappa shape index (κ3) is 2.07. The molecule has 7 heteroatoms. The van der Waals surface area contributed by atoms with Crippen molar-refractivity contribution in [3.8, 4) is 0 Å². The van der Waals surface area contributed by atoms with Gasteiger partial charge in [-0.1, -0.05) is 12.1 Å². The smallest absolute Gasteiger partial charge is 0.326 e. The zero-order valence-electron chi connectivity index (χ0n) is 10.7. The highest BCUT2D eigenvalue weighted by atomic mass is 35.5. The third-order valence-electron chi connectivity index (χ3n) is 3.80. The number of carbonyl (C=O) groups excluding carboxylic acids is 1. The Hall–Kier alpha value is -1.27. The van der Waals surface area contributed by atoms with Crippen LogP contribution in [0.1, 0.15) is 34.5 Å². The molecule has 1 fully saturated rings. The highest BCUT2D eigenvalue weighted by Gasteiger charge is 2.46. The minimum absolute atomic E-state index is 0. The molecule has 0 saturated carbocycles. The molecule has 2 heterocycles. The van der Waals surface area contributed by atoms with Gasteiger partial charge in [-0.15, -0.1) is 12.4 Å². The largest absolute Gasteiger partial charge is 0.417 e. The van der Waals surface area contributed by atoms with Gasteiger partial charge in [-0.3, -0.25) is 4.79 Å². The molecule has 1 saturated heterocycles. The Balaban J connectivity index is 0.00000147. The second-order valence-electron chi connectivity index (χ2n) is 5.00. The fourth-order valence-electron chi connectivity index (χ4n) is 2.99. The van der Waals surface area contributed by atoms with Crippen LogP contribution in [0.5, 0.6) is 0 Å². The first-order chi connectivity index (χ1) is 8.91. The molecule has 20 heavy (non-hydrogen) atoms. The zero-order valence-corrected chi connectivity index (χ0v) is 11.5. The van der Waals surface area contributed by atoms with Crippen molar-refractivity contribution in [2.24, 2.45) is 0 Å². The fourth-order valence-corrected chi connectivity index (χ4v) is 2.99. The molecule has 0 radical (unpaired) electrons. The Morgan fingerprint density at radius 3 is 2.65 bits per heavy atom. The number of alkyl halides is 3. The number of halogens is 4. The van der Waals surface area contributed by atoms with E-state index in [9.17, 15) is 18.0 Å². The summed E-state index contributed by atoms with van der Waals surface area (Å²) in [5, 5.41) is 3.15. The maximum absolute atomic E-state index is 13.0. The summed E-state index contributed by atoms with van der Waals surface area (Å²) in [7, 11) is 0. The monoisotopic (exact) mass is 306 g/mol. The van der Waals surface area contributed by atoms with Crippen LogP contribution in [0.3, 0.4) is 0 Å². The molecule has 1 aromatic rings. The Labute approximate surface area is 120 Å². The predicted octanol–water partition coefficient (Wildman–Crippen LogP) is 2.62. The molecule has 2 atom stereocenters. The van der Waals surface area contributed by atoms with Gasteiger partial charge in [0.2, 0.25) is 0 Å². The van der Waals surface area contributed by atoms with Crippen LogP contribution < -0.4 is 5.32 Å². The Bertz CT molecular complexity index is 547. The molecule has 3 nitrogen and oxygen atoms in total. The molecular formula is C13H14ClF3N2O. The number of piperazine rings is 1. The van der Waals surface area contributed by atoms with E-state index in [1.54, 1.807) is 11.0 Å². The minimum Gasteiger partial charge on any atom is -0.326 e. The van der Waals surface area contributed by atoms with E-state index in [1.807, 2.05) is 6.92 Å². The molecule has 1 aromatic carbocycles. The van der Waals surface area contributed by atoms with E-state index >= 15 is 0 Å². The molecule has 0 unspecified atom stereocenters. The van der Waals surface area contributed by atoms with Crippen LogP contribution in [-0.4, -0.2) is 29.9 Å². The number of hydrogen-bond donors (Lipinski definition) is 1. The van der Waals surface area contributed by atoms with E-state index in [2.05, 4.69) is 5.32 Å². The van der Waals surface area contributed by atoms with Gasteiger partial charge in [0.15, 0.2) is 0 Å². The van der Waals surface area contributed by atoms with Crippen LogP contribution in [0.2, 0.25) is 0 Å². The minimum atomic E-state index is -4.49. The highest BCUT2D eigenvalue weighted by Crippen LogP contribution is 2.42. The molecule has 0 spiro atoms. The lowest BCUT2D eigenvalue weighted by molar-refractivity contribution is -0.137. The van der Waals surface area contributed by atoms with Gasteiger partial charge in [0, 0.05) is 19.1 Å². The zero-order chi connectivity index (χ0) is 13.8. The summed E-state index contributed by atoms with van der Waals surface area (Å²) in [6, 6.07) is 3.59. The predicted molar refractivity (Wildman–Crippen MR) is 69.9 cm³/mol. The average Bonchev–Trinajstić information content (AvgIpc) is 2.64. The average molecular weight is 307 g/mol. The van der Waals surface area contributed by atoms with E-state index in [0.29, 0.717) is 18.7 Å². The van der Waals surface area contributed by atoms with Crippen LogP contribution in [0, 0.1) is 0 Å². The first-order valence-corrected chi connectivity index (χ1v) is 6.14. The molecule has 0 aromatic heterocycles. The second-order valence-corrected chi connectivity index (χ2v) is 5.00. The van der Waals surface area contributed by atoms with Crippen molar-refractivity contribution in [3.05, 3.63) is 34.9 Å². The third-order valence-corrected chi connectivity index (χ3v) is 3.80. The number of hydrogen-bond acceptors (Lipinski definition) is 2. The van der Waals surface area contributed by atoms with Crippen LogP contribution in [-0.2, 0) is 6.18 Å². The normalized spacial score (nSPS) is 25.0. The van der Waals surface area contributed by atoms with Crippen LogP contribution in [0.4, 0.5) is 13.2 Å². The lowest BCUT2D eigenvalue weighted by atomic mass is 9.98. The van der Waals surface area contributed by atoms with E-state index < -0.39 is 17.6 Å². The van der Waals surface area contributed by atoms with E-state index in [1.165, 1.54) is 6.07 Å². The first-order valence-electron chi connectivity index (χ1n) is 6.14. The topological polar surface area (TPSA) is 32.3 Å². The van der Waals surface area contributed by atoms with Gasteiger partial charge in [0.1, 0.15) is 0 Å². The molecule has 0 bridgehead atoms. The maximum atomic E-state index is 13.0. The van der Waals surface area contributed by atoms with Crippen LogP contribution >= 0.6 is 12.4 Å². The summed E-state index contributed by atoms with van der Waals surface area (Å²) in [5.74, 6) is -0.498. The number of carbonyl (C=O) groups is 1. The molecule has 1 N–H and O–H groups in total. The van der Waals surface area contributed by atoms with Crippen LogP contribution in [0.25, 0.3) is 0 Å². The molecule has 2 aliphatic rings. The van der Waals surface area contributed by atoms with Gasteiger partial charge in [-0.05, 0) is 18.6 Å². The lowest BCUT2D eigenvalue weighted by Crippen LogP contribution is -2.50. The number of nitrogens with zero attached hydrogens (tertiary/aromatic N) is 1. The van der Waals surface area contributed by atoms with Gasteiger partial charge in [0.05, 0.1) is 17.2 Å². The number of rotatable bonds is 0. The highest BCUT2D eigenvalue weighted by molar-refractivity contribution is 6.01. The summed E-state index contributed by atoms with van der Waals surface area (Å²) in [6.45, 7) is 2.96. The molecule has 0 aliphatic carbocycles. The standard InChI is InChI=1S/C13H13F3N2O.ClH/c1-7-5-17-6-10-8-3-2-4-9(13(14,15)16)11(8)12(19)18(7)10;/h2-4,7,10,17H,5-6H2,1H3;1H/t7-,10-;/m0./s1. The van der Waals surface area contributed by atoms with Crippen molar-refractivity contribution < 1.29 is 18.0 Å². The van der Waals surface area contributed by atoms with Gasteiger partial charge in [0.25, 0.3) is 5.91 Å². The summed E-state index contributed by atoms with van der Waals surface area (Å²) in [4.78, 5) is 13.9. The van der Waals surface area contributed by atoms with Crippen molar-refractivity contribution in [1.29, 1.82) is 0 Å². The van der Waals surface area contributed by atoms with Crippen molar-refractivity contribution in [2.45, 2.75) is 25.2 Å². The lowest BCUT2D eigenvalue weighted by Gasteiger charge is -2.36. The molecule has 110 valence electrons. The van der Waals surface area contributed by atoms with Gasteiger partial charge in [-0.25, -0.2) is 0 Å². The van der Waals surface area contributed by atoms with Crippen molar-refractivity contribution >= 4 is 18.3 Å². The Kier molecular flexibility index (Phi) is 3.73. The molecule has 1 amide bonds. The SMILES string of the molecule is C[C@H]1CNC[C@H]2c3cccc(C(F)(F)F)c3C(=O)N12.Cl. The Morgan fingerprint density at radius 1 is 1.30 bits per heavy atom. The summed E-state index contributed by atoms with van der Waals surface area (Å²) >= 11 is 0. The molecule has 2 aliphatic heterocycles. The second kappa shape index (κ2) is 4.93. The van der Waals surface area contributed by atoms with E-state index in [0.717, 1.165) is 6.07 Å². The molecular weight excluding hydrogens is 293 g/mol. The summed E-state index contributed by atoms with van der Waals surface area (Å²) in [6.07, 6.45) is -4.49. The van der Waals surface area contributed by atoms with E-state index in [4.69, 9.17) is 0 Å². The van der Waals surface area contributed by atoms with E-state index in [-0.39, 0.29) is 30.1 Å². The quantitative estimate of drug-likeness (QED) is 0.799. The maximum Gasteiger partial charge on any atom is 0.417 e. The van der Waals surface area contributed by atoms with Crippen molar-refractivity contribution in [3.63, 3.8) is 0 Å². The van der Waals surface area contributed by atoms with Crippen molar-refractivity contribution in [2.75, 3.05) is 13.1 Å². The summed E-state index contributed by atoms with van der Waals surface area (Å²) < 4.78 is 39.0. The number of fused-ring (bicyclic) bond motifs is 3. The van der Waals surface area contributed by atoms with Crippen LogP contribution in [0.15, 0.2) is 18.2 Å². The van der Waals surface area contributed by atoms with Gasteiger partial charge in [-0.2, -0.15) is 13.2 Å². The van der Waals surface area contributed by atoms with Gasteiger partial charge < -0.3 is 10.2 Å². The molecule has 3 rings (SSSR count). The van der Waals surface area contributed by atoms with Crippen molar-refractivity contribution in [1.82, 2.24) is 10.2 Å². The summed E-state index contributed by atoms with van der Waals surface area (Å²) in [5.41, 5.74) is -0.508. The number of amides is 1. The number of benzene rings is 1. The first kappa shape index (κ1) is 15.1.